The molecular weight excluding hydrogens is 282 g/mol. The Balaban J connectivity index is 1.53. The molecule has 3 heterocycles. The molecule has 6 heteroatoms. The van der Waals surface area contributed by atoms with E-state index in [-0.39, 0.29) is 0 Å². The molecule has 1 saturated heterocycles. The van der Waals surface area contributed by atoms with Crippen molar-refractivity contribution in [2.45, 2.75) is 0 Å². The zero-order valence-electron chi connectivity index (χ0n) is 11.5. The number of hydrogen-bond donors (Lipinski definition) is 0. The Hall–Kier alpha value is -2.21. The Labute approximate surface area is 127 Å². The zero-order valence-corrected chi connectivity index (χ0v) is 12.3. The van der Waals surface area contributed by atoms with Crippen molar-refractivity contribution in [1.29, 1.82) is 0 Å². The Bertz CT molecular complexity index is 734. The van der Waals surface area contributed by atoms with Gasteiger partial charge < -0.3 is 9.80 Å². The second-order valence-corrected chi connectivity index (χ2v) is 5.83. The van der Waals surface area contributed by atoms with Gasteiger partial charge in [-0.1, -0.05) is 12.1 Å². The average molecular weight is 297 g/mol. The molecule has 0 N–H and O–H groups in total. The zero-order chi connectivity index (χ0) is 14.1. The lowest BCUT2D eigenvalue weighted by atomic mass is 10.2. The molecule has 0 bridgehead atoms. The summed E-state index contributed by atoms with van der Waals surface area (Å²) in [6.45, 7) is 3.75. The Morgan fingerprint density at radius 3 is 2.38 bits per heavy atom. The molecule has 106 valence electrons. The summed E-state index contributed by atoms with van der Waals surface area (Å²) < 4.78 is 5.89. The van der Waals surface area contributed by atoms with Gasteiger partial charge in [-0.05, 0) is 29.7 Å². The van der Waals surface area contributed by atoms with Gasteiger partial charge in [0.25, 0.3) is 0 Å². The van der Waals surface area contributed by atoms with E-state index in [2.05, 4.69) is 48.4 Å². The molecule has 0 saturated carbocycles. The molecule has 1 aliphatic rings. The van der Waals surface area contributed by atoms with Gasteiger partial charge in [-0.25, -0.2) is 9.97 Å². The van der Waals surface area contributed by atoms with Gasteiger partial charge in [-0.15, -0.1) is 0 Å². The summed E-state index contributed by atoms with van der Waals surface area (Å²) in [6.07, 6.45) is 3.59. The predicted molar refractivity (Wildman–Crippen MR) is 86.1 cm³/mol. The highest BCUT2D eigenvalue weighted by Gasteiger charge is 2.21. The Morgan fingerprint density at radius 1 is 0.857 bits per heavy atom. The molecule has 0 atom stereocenters. The number of piperazine rings is 1. The molecule has 0 aliphatic carbocycles. The average Bonchev–Trinajstić information content (AvgIpc) is 3.00. The van der Waals surface area contributed by atoms with Crippen LogP contribution in [0.3, 0.4) is 0 Å². The van der Waals surface area contributed by atoms with Crippen molar-refractivity contribution >= 4 is 33.4 Å². The third kappa shape index (κ3) is 2.31. The fourth-order valence-corrected chi connectivity index (χ4v) is 3.47. The fourth-order valence-electron chi connectivity index (χ4n) is 2.67. The van der Waals surface area contributed by atoms with Crippen molar-refractivity contribution in [3.63, 3.8) is 0 Å². The van der Waals surface area contributed by atoms with Gasteiger partial charge in [0.05, 0.1) is 4.70 Å². The summed E-state index contributed by atoms with van der Waals surface area (Å²) in [7, 11) is 0. The molecule has 0 amide bonds. The molecule has 21 heavy (non-hydrogen) atoms. The molecule has 4 rings (SSSR count). The van der Waals surface area contributed by atoms with Crippen LogP contribution < -0.4 is 9.80 Å². The van der Waals surface area contributed by atoms with Crippen LogP contribution in [0, 0.1) is 0 Å². The van der Waals surface area contributed by atoms with Crippen molar-refractivity contribution in [3.05, 3.63) is 42.7 Å². The van der Waals surface area contributed by atoms with Crippen LogP contribution in [-0.2, 0) is 0 Å². The lowest BCUT2D eigenvalue weighted by Gasteiger charge is -2.34. The van der Waals surface area contributed by atoms with E-state index in [0.29, 0.717) is 0 Å². The molecule has 0 radical (unpaired) electrons. The molecule has 1 aliphatic heterocycles. The topological polar surface area (TPSA) is 45.2 Å². The number of anilines is 2. The van der Waals surface area contributed by atoms with Crippen LogP contribution in [-0.4, -0.2) is 40.5 Å². The van der Waals surface area contributed by atoms with Gasteiger partial charge in [0, 0.05) is 44.0 Å². The van der Waals surface area contributed by atoms with Gasteiger partial charge in [-0.3, -0.25) is 0 Å². The van der Waals surface area contributed by atoms with E-state index in [1.165, 1.54) is 10.1 Å². The SMILES string of the molecule is c1cnc(N2CCN(c3nsc4ccccc34)CC2)nc1. The van der Waals surface area contributed by atoms with E-state index >= 15 is 0 Å². The second-order valence-electron chi connectivity index (χ2n) is 5.03. The summed E-state index contributed by atoms with van der Waals surface area (Å²) in [5, 5.41) is 1.26. The lowest BCUT2D eigenvalue weighted by Crippen LogP contribution is -2.47. The van der Waals surface area contributed by atoms with Crippen molar-refractivity contribution in [2.24, 2.45) is 0 Å². The quantitative estimate of drug-likeness (QED) is 0.727. The summed E-state index contributed by atoms with van der Waals surface area (Å²) >= 11 is 1.57. The van der Waals surface area contributed by atoms with Crippen LogP contribution >= 0.6 is 11.5 Å². The predicted octanol–water partition coefficient (Wildman–Crippen LogP) is 2.41. The van der Waals surface area contributed by atoms with Crippen LogP contribution in [0.15, 0.2) is 42.7 Å². The minimum atomic E-state index is 0.820. The van der Waals surface area contributed by atoms with E-state index in [1.54, 1.807) is 23.9 Å². The van der Waals surface area contributed by atoms with Crippen LogP contribution in [0.2, 0.25) is 0 Å². The van der Waals surface area contributed by atoms with Gasteiger partial charge in [0.2, 0.25) is 5.95 Å². The monoisotopic (exact) mass is 297 g/mol. The first-order valence-corrected chi connectivity index (χ1v) is 7.80. The van der Waals surface area contributed by atoms with Gasteiger partial charge in [0.1, 0.15) is 5.82 Å². The van der Waals surface area contributed by atoms with Crippen molar-refractivity contribution in [1.82, 2.24) is 14.3 Å². The molecule has 1 fully saturated rings. The van der Waals surface area contributed by atoms with Gasteiger partial charge >= 0.3 is 0 Å². The van der Waals surface area contributed by atoms with Crippen molar-refractivity contribution in [3.8, 4) is 0 Å². The molecule has 5 nitrogen and oxygen atoms in total. The minimum Gasteiger partial charge on any atom is -0.352 e. The summed E-state index contributed by atoms with van der Waals surface area (Å²) in [4.78, 5) is 13.2. The maximum absolute atomic E-state index is 4.63. The standard InChI is InChI=1S/C15H15N5S/c1-2-5-13-12(4-1)14(18-21-13)19-8-10-20(11-9-19)15-16-6-3-7-17-15/h1-7H,8-11H2. The Morgan fingerprint density at radius 2 is 1.57 bits per heavy atom. The molecule has 0 unspecified atom stereocenters. The molecule has 2 aromatic heterocycles. The lowest BCUT2D eigenvalue weighted by molar-refractivity contribution is 0.638. The van der Waals surface area contributed by atoms with Crippen molar-refractivity contribution in [2.75, 3.05) is 36.0 Å². The number of fused-ring (bicyclic) bond motifs is 1. The maximum atomic E-state index is 4.63. The largest absolute Gasteiger partial charge is 0.352 e. The van der Waals surface area contributed by atoms with Crippen LogP contribution in [0.5, 0.6) is 0 Å². The summed E-state index contributed by atoms with van der Waals surface area (Å²) in [6, 6.07) is 10.3. The minimum absolute atomic E-state index is 0.820. The third-order valence-electron chi connectivity index (χ3n) is 3.77. The van der Waals surface area contributed by atoms with Crippen LogP contribution in [0.4, 0.5) is 11.8 Å². The highest BCUT2D eigenvalue weighted by atomic mass is 32.1. The highest BCUT2D eigenvalue weighted by Crippen LogP contribution is 2.30. The molecule has 0 spiro atoms. The highest BCUT2D eigenvalue weighted by molar-refractivity contribution is 7.13. The number of aromatic nitrogens is 3. The van der Waals surface area contributed by atoms with E-state index in [0.717, 1.165) is 37.9 Å². The van der Waals surface area contributed by atoms with Gasteiger partial charge in [-0.2, -0.15) is 4.37 Å². The van der Waals surface area contributed by atoms with E-state index in [9.17, 15) is 0 Å². The van der Waals surface area contributed by atoms with Crippen LogP contribution in [0.25, 0.3) is 10.1 Å². The Kier molecular flexibility index (Phi) is 3.16. The first kappa shape index (κ1) is 12.5. The normalized spacial score (nSPS) is 15.6. The van der Waals surface area contributed by atoms with E-state index in [4.69, 9.17) is 0 Å². The van der Waals surface area contributed by atoms with E-state index in [1.807, 2.05) is 6.07 Å². The van der Waals surface area contributed by atoms with Crippen LogP contribution in [0.1, 0.15) is 0 Å². The number of benzene rings is 1. The van der Waals surface area contributed by atoms with Crippen molar-refractivity contribution < 1.29 is 0 Å². The third-order valence-corrected chi connectivity index (χ3v) is 4.59. The number of nitrogens with zero attached hydrogens (tertiary/aromatic N) is 5. The van der Waals surface area contributed by atoms with Gasteiger partial charge in [0.15, 0.2) is 0 Å². The first-order valence-electron chi connectivity index (χ1n) is 7.03. The molecule has 1 aromatic carbocycles. The number of rotatable bonds is 2. The summed E-state index contributed by atoms with van der Waals surface area (Å²) in [5.74, 6) is 1.93. The maximum Gasteiger partial charge on any atom is 0.225 e. The number of hydrogen-bond acceptors (Lipinski definition) is 6. The second kappa shape index (κ2) is 5.29. The molecular formula is C15H15N5S. The van der Waals surface area contributed by atoms with E-state index < -0.39 is 0 Å². The summed E-state index contributed by atoms with van der Waals surface area (Å²) in [5.41, 5.74) is 0. The molecule has 3 aromatic rings. The fraction of sp³-hybridized carbons (Fsp3) is 0.267. The first-order chi connectivity index (χ1) is 10.4. The smallest absolute Gasteiger partial charge is 0.225 e.